The zero-order valence-electron chi connectivity index (χ0n) is 15.2. The van der Waals surface area contributed by atoms with Gasteiger partial charge in [0, 0.05) is 10.4 Å². The van der Waals surface area contributed by atoms with Crippen LogP contribution in [0.2, 0.25) is 0 Å². The van der Waals surface area contributed by atoms with Crippen molar-refractivity contribution in [1.82, 2.24) is 0 Å². The van der Waals surface area contributed by atoms with Crippen LogP contribution in [0.25, 0.3) is 0 Å². The number of aryl methyl sites for hydroxylation is 1. The first-order valence-electron chi connectivity index (χ1n) is 8.45. The van der Waals surface area contributed by atoms with E-state index in [2.05, 4.69) is 5.32 Å². The summed E-state index contributed by atoms with van der Waals surface area (Å²) in [4.78, 5) is 26.2. The molecule has 3 rings (SSSR count). The third-order valence-electron chi connectivity index (χ3n) is 3.97. The van der Waals surface area contributed by atoms with Gasteiger partial charge in [-0.15, -0.1) is 11.3 Å². The molecule has 0 aliphatic carbocycles. The van der Waals surface area contributed by atoms with Gasteiger partial charge in [-0.3, -0.25) is 4.79 Å². The zero-order chi connectivity index (χ0) is 18.8. The van der Waals surface area contributed by atoms with Gasteiger partial charge >= 0.3 is 5.97 Å². The van der Waals surface area contributed by atoms with Crippen LogP contribution in [0.5, 0.6) is 11.5 Å². The van der Waals surface area contributed by atoms with E-state index in [4.69, 9.17) is 14.2 Å². The van der Waals surface area contributed by atoms with E-state index in [1.807, 2.05) is 13.8 Å². The molecule has 1 aromatic carbocycles. The highest BCUT2D eigenvalue weighted by molar-refractivity contribution is 7.16. The summed E-state index contributed by atoms with van der Waals surface area (Å²) < 4.78 is 15.9. The van der Waals surface area contributed by atoms with Crippen LogP contribution in [-0.4, -0.2) is 24.8 Å². The van der Waals surface area contributed by atoms with Gasteiger partial charge in [-0.1, -0.05) is 6.92 Å². The second-order valence-electron chi connectivity index (χ2n) is 6.17. The molecule has 1 amide bonds. The Labute approximate surface area is 156 Å². The fraction of sp³-hybridized carbons (Fsp3) is 0.368. The number of thiophene rings is 1. The summed E-state index contributed by atoms with van der Waals surface area (Å²) in [6, 6.07) is 4.99. The number of esters is 1. The second-order valence-corrected chi connectivity index (χ2v) is 7.40. The maximum Gasteiger partial charge on any atom is 0.341 e. The van der Waals surface area contributed by atoms with Crippen molar-refractivity contribution >= 4 is 28.2 Å². The number of anilines is 1. The molecule has 0 unspecified atom stereocenters. The van der Waals surface area contributed by atoms with Crippen LogP contribution in [0.15, 0.2) is 18.2 Å². The number of ether oxygens (including phenoxy) is 3. The molecule has 0 radical (unpaired) electrons. The van der Waals surface area contributed by atoms with E-state index in [1.54, 1.807) is 32.0 Å². The van der Waals surface area contributed by atoms with Crippen LogP contribution in [-0.2, 0) is 11.2 Å². The Bertz CT molecular complexity index is 856. The quantitative estimate of drug-likeness (QED) is 0.794. The fourth-order valence-corrected chi connectivity index (χ4v) is 3.92. The lowest BCUT2D eigenvalue weighted by Crippen LogP contribution is -2.17. The van der Waals surface area contributed by atoms with Crippen molar-refractivity contribution in [2.45, 2.75) is 40.2 Å². The molecule has 0 spiro atoms. The van der Waals surface area contributed by atoms with E-state index >= 15 is 0 Å². The van der Waals surface area contributed by atoms with Crippen molar-refractivity contribution < 1.29 is 23.8 Å². The molecule has 1 aliphatic rings. The summed E-state index contributed by atoms with van der Waals surface area (Å²) in [6.07, 6.45) is 0.454. The number of benzene rings is 1. The third kappa shape index (κ3) is 3.53. The predicted octanol–water partition coefficient (Wildman–Crippen LogP) is 4.17. The Morgan fingerprint density at radius 1 is 1.27 bits per heavy atom. The normalized spacial score (nSPS) is 12.3. The highest BCUT2D eigenvalue weighted by Crippen LogP contribution is 2.36. The highest BCUT2D eigenvalue weighted by atomic mass is 32.1. The monoisotopic (exact) mass is 375 g/mol. The van der Waals surface area contributed by atoms with E-state index in [1.165, 1.54) is 11.3 Å². The van der Waals surface area contributed by atoms with Gasteiger partial charge in [-0.25, -0.2) is 4.79 Å². The summed E-state index contributed by atoms with van der Waals surface area (Å²) in [5.41, 5.74) is 1.78. The SMILES string of the molecule is CCc1c(C)sc(NC(=O)c2ccc3c(c2)OCO3)c1C(=O)OC(C)C. The van der Waals surface area contributed by atoms with E-state index in [-0.39, 0.29) is 18.8 Å². The number of hydrogen-bond acceptors (Lipinski definition) is 6. The number of carbonyl (C=O) groups is 2. The minimum absolute atomic E-state index is 0.148. The molecule has 0 bridgehead atoms. The summed E-state index contributed by atoms with van der Waals surface area (Å²) in [5.74, 6) is 0.421. The van der Waals surface area contributed by atoms with Crippen LogP contribution in [0.4, 0.5) is 5.00 Å². The molecule has 138 valence electrons. The smallest absolute Gasteiger partial charge is 0.341 e. The van der Waals surface area contributed by atoms with Crippen LogP contribution < -0.4 is 14.8 Å². The first-order chi connectivity index (χ1) is 12.4. The topological polar surface area (TPSA) is 73.9 Å². The Balaban J connectivity index is 1.89. The van der Waals surface area contributed by atoms with Crippen molar-refractivity contribution in [2.75, 3.05) is 12.1 Å². The lowest BCUT2D eigenvalue weighted by atomic mass is 10.1. The van der Waals surface area contributed by atoms with E-state index in [0.29, 0.717) is 34.0 Å². The average molecular weight is 375 g/mol. The fourth-order valence-electron chi connectivity index (χ4n) is 2.79. The molecule has 1 N–H and O–H groups in total. The minimum atomic E-state index is -0.415. The van der Waals surface area contributed by atoms with Crippen LogP contribution in [0.1, 0.15) is 51.9 Å². The molecule has 26 heavy (non-hydrogen) atoms. The summed E-state index contributed by atoms with van der Waals surface area (Å²) >= 11 is 1.38. The van der Waals surface area contributed by atoms with Gasteiger partial charge in [0.2, 0.25) is 6.79 Å². The summed E-state index contributed by atoms with van der Waals surface area (Å²) in [7, 11) is 0. The Hall–Kier alpha value is -2.54. The van der Waals surface area contributed by atoms with E-state index in [9.17, 15) is 9.59 Å². The second kappa shape index (κ2) is 7.37. The Kier molecular flexibility index (Phi) is 5.18. The first-order valence-corrected chi connectivity index (χ1v) is 9.26. The average Bonchev–Trinajstić information content (AvgIpc) is 3.16. The number of amides is 1. The van der Waals surface area contributed by atoms with Gasteiger partial charge in [-0.05, 0) is 51.0 Å². The van der Waals surface area contributed by atoms with Crippen LogP contribution >= 0.6 is 11.3 Å². The lowest BCUT2D eigenvalue weighted by Gasteiger charge is -2.11. The number of hydrogen-bond donors (Lipinski definition) is 1. The molecule has 0 fully saturated rings. The molecular formula is C19H21NO5S. The number of fused-ring (bicyclic) bond motifs is 1. The highest BCUT2D eigenvalue weighted by Gasteiger charge is 2.25. The molecule has 1 aliphatic heterocycles. The van der Waals surface area contributed by atoms with Crippen LogP contribution in [0, 0.1) is 6.92 Å². The van der Waals surface area contributed by atoms with Crippen molar-refractivity contribution in [2.24, 2.45) is 0 Å². The number of nitrogens with one attached hydrogen (secondary N) is 1. The van der Waals surface area contributed by atoms with Gasteiger partial charge in [0.15, 0.2) is 11.5 Å². The molecule has 7 heteroatoms. The molecular weight excluding hydrogens is 354 g/mol. The molecule has 1 aromatic heterocycles. The first kappa shape index (κ1) is 18.3. The molecule has 6 nitrogen and oxygen atoms in total. The van der Waals surface area contributed by atoms with Crippen molar-refractivity contribution in [1.29, 1.82) is 0 Å². The Morgan fingerprint density at radius 2 is 2.00 bits per heavy atom. The van der Waals surface area contributed by atoms with E-state index in [0.717, 1.165) is 10.4 Å². The van der Waals surface area contributed by atoms with Gasteiger partial charge in [0.1, 0.15) is 5.00 Å². The number of carbonyl (C=O) groups excluding carboxylic acids is 2. The van der Waals surface area contributed by atoms with Gasteiger partial charge in [0.05, 0.1) is 11.7 Å². The zero-order valence-corrected chi connectivity index (χ0v) is 16.0. The largest absolute Gasteiger partial charge is 0.459 e. The van der Waals surface area contributed by atoms with Crippen LogP contribution in [0.3, 0.4) is 0 Å². The van der Waals surface area contributed by atoms with E-state index < -0.39 is 5.97 Å². The molecule has 2 heterocycles. The molecule has 0 saturated carbocycles. The van der Waals surface area contributed by atoms with Crippen molar-refractivity contribution in [3.05, 3.63) is 39.8 Å². The van der Waals surface area contributed by atoms with Crippen molar-refractivity contribution in [3.8, 4) is 11.5 Å². The predicted molar refractivity (Wildman–Crippen MR) is 99.5 cm³/mol. The third-order valence-corrected chi connectivity index (χ3v) is 5.03. The van der Waals surface area contributed by atoms with Gasteiger partial charge in [0.25, 0.3) is 5.91 Å². The minimum Gasteiger partial charge on any atom is -0.459 e. The summed E-state index contributed by atoms with van der Waals surface area (Å²) in [5, 5.41) is 3.36. The van der Waals surface area contributed by atoms with Gasteiger partial charge in [-0.2, -0.15) is 0 Å². The van der Waals surface area contributed by atoms with Crippen molar-refractivity contribution in [3.63, 3.8) is 0 Å². The summed E-state index contributed by atoms with van der Waals surface area (Å²) in [6.45, 7) is 7.66. The maximum absolute atomic E-state index is 12.7. The lowest BCUT2D eigenvalue weighted by molar-refractivity contribution is 0.0378. The molecule has 0 atom stereocenters. The molecule has 0 saturated heterocycles. The Morgan fingerprint density at radius 3 is 2.69 bits per heavy atom. The van der Waals surface area contributed by atoms with Gasteiger partial charge < -0.3 is 19.5 Å². The standard InChI is InChI=1S/C19H21NO5S/c1-5-13-11(4)26-18(16(13)19(22)25-10(2)3)20-17(21)12-6-7-14-15(8-12)24-9-23-14/h6-8,10H,5,9H2,1-4H3,(H,20,21). The molecule has 2 aromatic rings. The number of rotatable bonds is 5. The maximum atomic E-state index is 12.7.